The summed E-state index contributed by atoms with van der Waals surface area (Å²) < 4.78 is 0. The van der Waals surface area contributed by atoms with E-state index in [2.05, 4.69) is 39.5 Å². The molecule has 1 saturated heterocycles. The Morgan fingerprint density at radius 2 is 2.00 bits per heavy atom. The predicted octanol–water partition coefficient (Wildman–Crippen LogP) is 2.48. The maximum atomic E-state index is 5.98. The summed E-state index contributed by atoms with van der Waals surface area (Å²) in [5.41, 5.74) is 6.39. The third-order valence-electron chi connectivity index (χ3n) is 4.04. The van der Waals surface area contributed by atoms with E-state index in [1.54, 1.807) is 0 Å². The molecule has 1 heterocycles. The van der Waals surface area contributed by atoms with Crippen molar-refractivity contribution in [2.45, 2.75) is 59.5 Å². The van der Waals surface area contributed by atoms with Gasteiger partial charge in [-0.3, -0.25) is 0 Å². The minimum Gasteiger partial charge on any atom is -0.328 e. The minimum atomic E-state index is 0.416. The van der Waals surface area contributed by atoms with E-state index in [0.29, 0.717) is 17.5 Å². The van der Waals surface area contributed by atoms with Crippen molar-refractivity contribution in [1.29, 1.82) is 0 Å². The van der Waals surface area contributed by atoms with E-state index in [1.165, 1.54) is 19.5 Å². The topological polar surface area (TPSA) is 29.3 Å². The van der Waals surface area contributed by atoms with Crippen LogP contribution in [0.2, 0.25) is 0 Å². The third-order valence-corrected chi connectivity index (χ3v) is 4.04. The fourth-order valence-corrected chi connectivity index (χ4v) is 2.15. The first-order chi connectivity index (χ1) is 6.80. The van der Waals surface area contributed by atoms with Crippen LogP contribution < -0.4 is 5.73 Å². The van der Waals surface area contributed by atoms with Crippen molar-refractivity contribution in [3.8, 4) is 0 Å². The lowest BCUT2D eigenvalue weighted by Crippen LogP contribution is -2.48. The van der Waals surface area contributed by atoms with Crippen molar-refractivity contribution in [3.05, 3.63) is 0 Å². The molecule has 0 bridgehead atoms. The molecule has 0 aliphatic carbocycles. The zero-order valence-electron chi connectivity index (χ0n) is 11.1. The van der Waals surface area contributed by atoms with Crippen LogP contribution in [0.25, 0.3) is 0 Å². The smallest absolute Gasteiger partial charge is 0.00817 e. The molecule has 3 atom stereocenters. The SMILES string of the molecule is CC1CC(N)CCN1CC(C)C(C)(C)C. The van der Waals surface area contributed by atoms with Crippen molar-refractivity contribution in [1.82, 2.24) is 4.90 Å². The lowest BCUT2D eigenvalue weighted by Gasteiger charge is -2.40. The van der Waals surface area contributed by atoms with Gasteiger partial charge in [0.25, 0.3) is 0 Å². The Bertz CT molecular complexity index is 195. The van der Waals surface area contributed by atoms with E-state index in [9.17, 15) is 0 Å². The number of hydrogen-bond acceptors (Lipinski definition) is 2. The van der Waals surface area contributed by atoms with Gasteiger partial charge in [0.1, 0.15) is 0 Å². The molecule has 1 rings (SSSR count). The predicted molar refractivity (Wildman–Crippen MR) is 66.9 cm³/mol. The van der Waals surface area contributed by atoms with E-state index in [1.807, 2.05) is 0 Å². The fourth-order valence-electron chi connectivity index (χ4n) is 2.15. The van der Waals surface area contributed by atoms with Gasteiger partial charge in [-0.1, -0.05) is 27.7 Å². The first-order valence-corrected chi connectivity index (χ1v) is 6.30. The highest BCUT2D eigenvalue weighted by atomic mass is 15.2. The van der Waals surface area contributed by atoms with Crippen molar-refractivity contribution in [2.75, 3.05) is 13.1 Å². The van der Waals surface area contributed by atoms with Gasteiger partial charge in [0.2, 0.25) is 0 Å². The first kappa shape index (κ1) is 13.0. The average Bonchev–Trinajstić information content (AvgIpc) is 2.08. The van der Waals surface area contributed by atoms with Gasteiger partial charge in [-0.25, -0.2) is 0 Å². The largest absolute Gasteiger partial charge is 0.328 e. The molecule has 0 aromatic carbocycles. The molecule has 15 heavy (non-hydrogen) atoms. The molecule has 1 fully saturated rings. The van der Waals surface area contributed by atoms with Crippen LogP contribution in [0.3, 0.4) is 0 Å². The van der Waals surface area contributed by atoms with E-state index in [4.69, 9.17) is 5.73 Å². The highest BCUT2D eigenvalue weighted by Gasteiger charge is 2.28. The Kier molecular flexibility index (Phi) is 4.19. The minimum absolute atomic E-state index is 0.416. The van der Waals surface area contributed by atoms with Gasteiger partial charge in [-0.2, -0.15) is 0 Å². The number of nitrogens with two attached hydrogens (primary N) is 1. The van der Waals surface area contributed by atoms with Crippen molar-refractivity contribution in [2.24, 2.45) is 17.1 Å². The molecule has 0 amide bonds. The maximum absolute atomic E-state index is 5.98. The molecule has 0 spiro atoms. The third kappa shape index (κ3) is 3.76. The molecule has 0 aromatic heterocycles. The molecule has 2 N–H and O–H groups in total. The van der Waals surface area contributed by atoms with Gasteiger partial charge in [0, 0.05) is 18.6 Å². The summed E-state index contributed by atoms with van der Waals surface area (Å²) in [4.78, 5) is 2.61. The summed E-state index contributed by atoms with van der Waals surface area (Å²) in [6.07, 6.45) is 2.33. The Morgan fingerprint density at radius 3 is 2.47 bits per heavy atom. The van der Waals surface area contributed by atoms with Gasteiger partial charge in [0.05, 0.1) is 0 Å². The monoisotopic (exact) mass is 212 g/mol. The van der Waals surface area contributed by atoms with Crippen LogP contribution in [0.4, 0.5) is 0 Å². The highest BCUT2D eigenvalue weighted by molar-refractivity contribution is 4.83. The van der Waals surface area contributed by atoms with Gasteiger partial charge < -0.3 is 10.6 Å². The Balaban J connectivity index is 2.45. The number of rotatable bonds is 2. The molecule has 3 unspecified atom stereocenters. The molecule has 1 aliphatic rings. The number of piperidine rings is 1. The van der Waals surface area contributed by atoms with E-state index >= 15 is 0 Å². The second kappa shape index (κ2) is 4.84. The lowest BCUT2D eigenvalue weighted by molar-refractivity contribution is 0.0954. The Labute approximate surface area is 95.2 Å². The average molecular weight is 212 g/mol. The number of likely N-dealkylation sites (tertiary alicyclic amines) is 1. The first-order valence-electron chi connectivity index (χ1n) is 6.30. The fraction of sp³-hybridized carbons (Fsp3) is 1.00. The van der Waals surface area contributed by atoms with Crippen LogP contribution in [-0.2, 0) is 0 Å². The normalized spacial score (nSPS) is 31.6. The zero-order chi connectivity index (χ0) is 11.6. The molecular formula is C13H28N2. The van der Waals surface area contributed by atoms with Crippen LogP contribution in [0.15, 0.2) is 0 Å². The molecule has 2 heteroatoms. The molecule has 0 radical (unpaired) electrons. The van der Waals surface area contributed by atoms with Crippen LogP contribution >= 0.6 is 0 Å². The second-order valence-electron chi connectivity index (χ2n) is 6.40. The van der Waals surface area contributed by atoms with Crippen molar-refractivity contribution < 1.29 is 0 Å². The second-order valence-corrected chi connectivity index (χ2v) is 6.40. The Morgan fingerprint density at radius 1 is 1.40 bits per heavy atom. The van der Waals surface area contributed by atoms with E-state index in [0.717, 1.165) is 12.3 Å². The number of hydrogen-bond donors (Lipinski definition) is 1. The van der Waals surface area contributed by atoms with Crippen molar-refractivity contribution >= 4 is 0 Å². The van der Waals surface area contributed by atoms with E-state index < -0.39 is 0 Å². The quantitative estimate of drug-likeness (QED) is 0.762. The maximum Gasteiger partial charge on any atom is 0.00817 e. The lowest BCUT2D eigenvalue weighted by atomic mass is 9.81. The summed E-state index contributed by atoms with van der Waals surface area (Å²) in [6.45, 7) is 14.1. The van der Waals surface area contributed by atoms with Crippen LogP contribution in [0.5, 0.6) is 0 Å². The van der Waals surface area contributed by atoms with Crippen LogP contribution in [0.1, 0.15) is 47.5 Å². The van der Waals surface area contributed by atoms with Gasteiger partial charge in [0.15, 0.2) is 0 Å². The molecule has 1 aliphatic heterocycles. The molecule has 0 aromatic rings. The summed E-state index contributed by atoms with van der Waals surface area (Å²) in [5, 5.41) is 0. The van der Waals surface area contributed by atoms with Gasteiger partial charge in [-0.15, -0.1) is 0 Å². The molecule has 90 valence electrons. The summed E-state index contributed by atoms with van der Waals surface area (Å²) in [6, 6.07) is 1.10. The summed E-state index contributed by atoms with van der Waals surface area (Å²) >= 11 is 0. The molecule has 0 saturated carbocycles. The van der Waals surface area contributed by atoms with Crippen LogP contribution in [0, 0.1) is 11.3 Å². The highest BCUT2D eigenvalue weighted by Crippen LogP contribution is 2.28. The zero-order valence-corrected chi connectivity index (χ0v) is 11.1. The van der Waals surface area contributed by atoms with E-state index in [-0.39, 0.29) is 0 Å². The standard InChI is InChI=1S/C13H28N2/c1-10(13(3,4)5)9-15-7-6-12(14)8-11(15)2/h10-12H,6-9,14H2,1-5H3. The molecular weight excluding hydrogens is 184 g/mol. The summed E-state index contributed by atoms with van der Waals surface area (Å²) in [7, 11) is 0. The molecule has 2 nitrogen and oxygen atoms in total. The van der Waals surface area contributed by atoms with Gasteiger partial charge >= 0.3 is 0 Å². The van der Waals surface area contributed by atoms with Crippen molar-refractivity contribution in [3.63, 3.8) is 0 Å². The Hall–Kier alpha value is -0.0800. The van der Waals surface area contributed by atoms with Gasteiger partial charge in [-0.05, 0) is 37.6 Å². The van der Waals surface area contributed by atoms with Crippen LogP contribution in [-0.4, -0.2) is 30.1 Å². The number of nitrogens with zero attached hydrogens (tertiary/aromatic N) is 1. The summed E-state index contributed by atoms with van der Waals surface area (Å²) in [5.74, 6) is 0.745.